The molecular formula is C14H20N4O5. The van der Waals surface area contributed by atoms with Gasteiger partial charge in [0.2, 0.25) is 0 Å². The average molecular weight is 324 g/mol. The van der Waals surface area contributed by atoms with Crippen LogP contribution in [0.15, 0.2) is 17.8 Å². The zero-order valence-corrected chi connectivity index (χ0v) is 13.5. The molecule has 1 unspecified atom stereocenters. The van der Waals surface area contributed by atoms with E-state index >= 15 is 0 Å². The lowest BCUT2D eigenvalue weighted by Crippen LogP contribution is -2.32. The van der Waals surface area contributed by atoms with Gasteiger partial charge in [0.05, 0.1) is 23.5 Å². The Morgan fingerprint density at radius 1 is 1.52 bits per heavy atom. The van der Waals surface area contributed by atoms with Crippen molar-refractivity contribution in [3.05, 3.63) is 33.6 Å². The number of aromatic nitrogens is 2. The van der Waals surface area contributed by atoms with Gasteiger partial charge in [0, 0.05) is 11.8 Å². The number of hydrogen-bond donors (Lipinski definition) is 1. The Labute approximate surface area is 133 Å². The lowest BCUT2D eigenvalue weighted by Gasteiger charge is -2.14. The number of ether oxygens (including phenoxy) is 1. The van der Waals surface area contributed by atoms with Crippen LogP contribution in [-0.2, 0) is 14.3 Å². The van der Waals surface area contributed by atoms with Crippen LogP contribution >= 0.6 is 0 Å². The van der Waals surface area contributed by atoms with E-state index in [1.165, 1.54) is 16.8 Å². The number of nitrogens with one attached hydrogen (secondary N) is 1. The molecule has 126 valence electrons. The summed E-state index contributed by atoms with van der Waals surface area (Å²) in [5, 5.41) is 17.2. The van der Waals surface area contributed by atoms with Gasteiger partial charge < -0.3 is 20.2 Å². The van der Waals surface area contributed by atoms with E-state index in [1.807, 2.05) is 0 Å². The fourth-order valence-corrected chi connectivity index (χ4v) is 2.02. The third-order valence-electron chi connectivity index (χ3n) is 3.02. The number of carbonyl (C=O) groups excluding carboxylic acids is 2. The maximum absolute atomic E-state index is 12.3. The summed E-state index contributed by atoms with van der Waals surface area (Å²) in [6, 6.07) is 0.589. The second-order valence-corrected chi connectivity index (χ2v) is 4.84. The SMILES string of the molecule is CCOC(=O)/C=C(\C)NC(=O)C(CC)n1nc([N+](=O)[O-])cc1C. The molecule has 9 nitrogen and oxygen atoms in total. The molecule has 0 saturated carbocycles. The first-order valence-corrected chi connectivity index (χ1v) is 7.16. The molecule has 1 heterocycles. The van der Waals surface area contributed by atoms with Gasteiger partial charge in [-0.3, -0.25) is 4.79 Å². The highest BCUT2D eigenvalue weighted by atomic mass is 16.6. The van der Waals surface area contributed by atoms with Crippen LogP contribution in [0, 0.1) is 17.0 Å². The van der Waals surface area contributed by atoms with Crippen molar-refractivity contribution in [1.82, 2.24) is 15.1 Å². The molecule has 1 N–H and O–H groups in total. The molecule has 0 fully saturated rings. The normalized spacial score (nSPS) is 12.6. The van der Waals surface area contributed by atoms with Gasteiger partial charge in [-0.2, -0.15) is 4.68 Å². The lowest BCUT2D eigenvalue weighted by molar-refractivity contribution is -0.389. The minimum atomic E-state index is -0.714. The number of nitrogens with zero attached hydrogens (tertiary/aromatic N) is 3. The van der Waals surface area contributed by atoms with E-state index in [0.29, 0.717) is 17.8 Å². The molecule has 0 aliphatic rings. The molecule has 0 bridgehead atoms. The Morgan fingerprint density at radius 2 is 2.17 bits per heavy atom. The van der Waals surface area contributed by atoms with Crippen molar-refractivity contribution in [3.8, 4) is 0 Å². The van der Waals surface area contributed by atoms with E-state index in [9.17, 15) is 19.7 Å². The highest BCUT2D eigenvalue weighted by Crippen LogP contribution is 2.19. The van der Waals surface area contributed by atoms with Crippen LogP contribution in [0.3, 0.4) is 0 Å². The van der Waals surface area contributed by atoms with Gasteiger partial charge in [0.15, 0.2) is 6.04 Å². The van der Waals surface area contributed by atoms with Crippen molar-refractivity contribution in [1.29, 1.82) is 0 Å². The third kappa shape index (κ3) is 4.90. The fraction of sp³-hybridized carbons (Fsp3) is 0.500. The summed E-state index contributed by atoms with van der Waals surface area (Å²) >= 11 is 0. The van der Waals surface area contributed by atoms with Crippen molar-refractivity contribution < 1.29 is 19.2 Å². The van der Waals surface area contributed by atoms with E-state index in [4.69, 9.17) is 4.74 Å². The molecule has 9 heteroatoms. The van der Waals surface area contributed by atoms with Crippen molar-refractivity contribution in [2.24, 2.45) is 0 Å². The summed E-state index contributed by atoms with van der Waals surface area (Å²) in [4.78, 5) is 33.8. The first-order chi connectivity index (χ1) is 10.8. The molecule has 1 rings (SSSR count). The molecule has 1 atom stereocenters. The smallest absolute Gasteiger partial charge is 0.390 e. The van der Waals surface area contributed by atoms with Crippen LogP contribution < -0.4 is 5.32 Å². The maximum Gasteiger partial charge on any atom is 0.390 e. The minimum absolute atomic E-state index is 0.240. The molecule has 23 heavy (non-hydrogen) atoms. The van der Waals surface area contributed by atoms with Crippen molar-refractivity contribution in [2.75, 3.05) is 6.61 Å². The summed E-state index contributed by atoms with van der Waals surface area (Å²) < 4.78 is 6.07. The van der Waals surface area contributed by atoms with Crippen LogP contribution in [-0.4, -0.2) is 33.2 Å². The lowest BCUT2D eigenvalue weighted by atomic mass is 10.2. The molecule has 0 aliphatic carbocycles. The molecule has 0 saturated heterocycles. The van der Waals surface area contributed by atoms with Gasteiger partial charge in [-0.1, -0.05) is 6.92 Å². The van der Waals surface area contributed by atoms with Gasteiger partial charge >= 0.3 is 11.8 Å². The number of amides is 1. The predicted molar refractivity (Wildman–Crippen MR) is 81.5 cm³/mol. The Bertz CT molecular complexity index is 635. The van der Waals surface area contributed by atoms with Gasteiger partial charge in [0.1, 0.15) is 0 Å². The minimum Gasteiger partial charge on any atom is -0.463 e. The number of hydrogen-bond acceptors (Lipinski definition) is 6. The summed E-state index contributed by atoms with van der Waals surface area (Å²) in [6.45, 7) is 6.88. The molecule has 1 aromatic rings. The number of allylic oxidation sites excluding steroid dienone is 1. The summed E-state index contributed by atoms with van der Waals surface area (Å²) in [5.74, 6) is -1.27. The number of carbonyl (C=O) groups is 2. The van der Waals surface area contributed by atoms with E-state index in [2.05, 4.69) is 10.4 Å². The molecule has 0 spiro atoms. The largest absolute Gasteiger partial charge is 0.463 e. The average Bonchev–Trinajstić information content (AvgIpc) is 2.82. The zero-order chi connectivity index (χ0) is 17.6. The number of esters is 1. The summed E-state index contributed by atoms with van der Waals surface area (Å²) in [5.41, 5.74) is 0.830. The van der Waals surface area contributed by atoms with Gasteiger partial charge in [-0.15, -0.1) is 0 Å². The van der Waals surface area contributed by atoms with Crippen molar-refractivity contribution in [2.45, 2.75) is 40.2 Å². The maximum atomic E-state index is 12.3. The Morgan fingerprint density at radius 3 is 2.65 bits per heavy atom. The first-order valence-electron chi connectivity index (χ1n) is 7.16. The van der Waals surface area contributed by atoms with Crippen molar-refractivity contribution >= 4 is 17.7 Å². The standard InChI is InChI=1S/C14H20N4O5/c1-5-11(17-10(4)8-12(16-17)18(21)22)14(20)15-9(3)7-13(19)23-6-2/h7-8,11H,5-6H2,1-4H3,(H,15,20)/b9-7+. The van der Waals surface area contributed by atoms with Crippen LogP contribution in [0.25, 0.3) is 0 Å². The van der Waals surface area contributed by atoms with E-state index in [1.54, 1.807) is 27.7 Å². The van der Waals surface area contributed by atoms with E-state index < -0.39 is 22.8 Å². The third-order valence-corrected chi connectivity index (χ3v) is 3.02. The number of nitro groups is 1. The topological polar surface area (TPSA) is 116 Å². The highest BCUT2D eigenvalue weighted by Gasteiger charge is 2.27. The highest BCUT2D eigenvalue weighted by molar-refractivity contribution is 5.86. The predicted octanol–water partition coefficient (Wildman–Crippen LogP) is 1.63. The second kappa shape index (κ2) is 8.06. The Hall–Kier alpha value is -2.71. The van der Waals surface area contributed by atoms with E-state index in [0.717, 1.165) is 0 Å². The Kier molecular flexibility index (Phi) is 6.43. The molecule has 0 aromatic carbocycles. The van der Waals surface area contributed by atoms with Crippen LogP contribution in [0.4, 0.5) is 5.82 Å². The van der Waals surface area contributed by atoms with Gasteiger partial charge in [0.25, 0.3) is 5.91 Å². The number of aryl methyl sites for hydroxylation is 1. The molecule has 1 aromatic heterocycles. The molecule has 1 amide bonds. The fourth-order valence-electron chi connectivity index (χ4n) is 2.02. The Balaban J connectivity index is 2.91. The zero-order valence-electron chi connectivity index (χ0n) is 13.5. The second-order valence-electron chi connectivity index (χ2n) is 4.84. The molecule has 0 aliphatic heterocycles. The van der Waals surface area contributed by atoms with Crippen LogP contribution in [0.2, 0.25) is 0 Å². The monoisotopic (exact) mass is 324 g/mol. The molecular weight excluding hydrogens is 304 g/mol. The van der Waals surface area contributed by atoms with Crippen LogP contribution in [0.5, 0.6) is 0 Å². The first kappa shape index (κ1) is 18.3. The van der Waals surface area contributed by atoms with Gasteiger partial charge in [-0.25, -0.2) is 4.79 Å². The summed E-state index contributed by atoms with van der Waals surface area (Å²) in [6.07, 6.45) is 1.56. The molecule has 0 radical (unpaired) electrons. The van der Waals surface area contributed by atoms with Crippen LogP contribution in [0.1, 0.15) is 38.9 Å². The number of rotatable bonds is 7. The van der Waals surface area contributed by atoms with Crippen molar-refractivity contribution in [3.63, 3.8) is 0 Å². The van der Waals surface area contributed by atoms with Gasteiger partial charge in [-0.05, 0) is 32.1 Å². The van der Waals surface area contributed by atoms with E-state index in [-0.39, 0.29) is 12.4 Å². The quantitative estimate of drug-likeness (QED) is 0.353. The summed E-state index contributed by atoms with van der Waals surface area (Å²) in [7, 11) is 0.